The highest BCUT2D eigenvalue weighted by Crippen LogP contribution is 1.97. The van der Waals surface area contributed by atoms with E-state index in [4.69, 9.17) is 4.29 Å². The molecule has 0 aromatic heterocycles. The molecular formula is C14H26N4O6. The first-order chi connectivity index (χ1) is 13.0. The number of carboxylic acid groups (broad SMARTS) is 3. The molecule has 0 unspecified atom stereocenters. The van der Waals surface area contributed by atoms with Crippen LogP contribution in [0.3, 0.4) is 0 Å². The van der Waals surface area contributed by atoms with Crippen molar-refractivity contribution < 1.29 is 29.7 Å². The molecule has 0 amide bonds. The lowest BCUT2D eigenvalue weighted by Gasteiger charge is -2.29. The Morgan fingerprint density at radius 1 is 0.708 bits per heavy atom. The molecule has 0 aromatic rings. The van der Waals surface area contributed by atoms with E-state index < -0.39 is 17.9 Å². The third-order valence-electron chi connectivity index (χ3n) is 3.73. The minimum Gasteiger partial charge on any atom is -0.480 e. The monoisotopic (exact) mass is 349 g/mol. The molecule has 0 saturated carbocycles. The summed E-state index contributed by atoms with van der Waals surface area (Å²) in [6, 6.07) is 0. The van der Waals surface area contributed by atoms with Crippen LogP contribution in [-0.2, 0) is 14.4 Å². The molecule has 10 heteroatoms. The van der Waals surface area contributed by atoms with Crippen molar-refractivity contribution in [2.75, 3.05) is 72.0 Å². The van der Waals surface area contributed by atoms with Gasteiger partial charge in [0, 0.05) is 52.4 Å². The van der Waals surface area contributed by atoms with Crippen molar-refractivity contribution in [3.8, 4) is 0 Å². The number of hydrogen-bond donors (Lipinski definition) is 4. The van der Waals surface area contributed by atoms with Crippen molar-refractivity contribution in [2.24, 2.45) is 0 Å². The Hall–Kier alpha value is -1.75. The number of rotatable bonds is 6. The Balaban J connectivity index is 2.73. The number of nitrogens with one attached hydrogen (secondary N) is 1. The van der Waals surface area contributed by atoms with Crippen LogP contribution in [-0.4, -0.2) is 120 Å². The van der Waals surface area contributed by atoms with Crippen LogP contribution < -0.4 is 5.32 Å². The second-order valence-electron chi connectivity index (χ2n) is 5.69. The van der Waals surface area contributed by atoms with Gasteiger partial charge in [-0.1, -0.05) is 0 Å². The number of aliphatic carboxylic acids is 3. The third-order valence-corrected chi connectivity index (χ3v) is 3.73. The number of hydrogen-bond acceptors (Lipinski definition) is 10. The standard InChI is InChI=1S/C14H26N4O6/c19-12(20)9-16-3-1-15-2-4-17(10-13(21)22)6-8-18(7-5-16)11-14(23)24/h15H,1-11H2,(H,19,20)(H,21,22)(H,23,24)/i/hD3. The van der Waals surface area contributed by atoms with Crippen molar-refractivity contribution in [1.82, 2.24) is 20.0 Å². The van der Waals surface area contributed by atoms with Gasteiger partial charge in [0.15, 0.2) is 0 Å². The van der Waals surface area contributed by atoms with E-state index in [-0.39, 0.29) is 19.6 Å². The van der Waals surface area contributed by atoms with Crippen molar-refractivity contribution in [3.63, 3.8) is 0 Å². The molecule has 0 radical (unpaired) electrons. The van der Waals surface area contributed by atoms with Gasteiger partial charge in [0.1, 0.15) is 0 Å². The lowest BCUT2D eigenvalue weighted by atomic mass is 10.3. The number of nitrogens with zero attached hydrogens (tertiary/aromatic N) is 3. The van der Waals surface area contributed by atoms with Gasteiger partial charge in [-0.25, -0.2) is 0 Å². The molecule has 1 rings (SSSR count). The van der Waals surface area contributed by atoms with Crippen LogP contribution in [0.5, 0.6) is 0 Å². The molecule has 1 fully saturated rings. The van der Waals surface area contributed by atoms with Gasteiger partial charge in [-0.2, -0.15) is 0 Å². The largest absolute Gasteiger partial charge is 0.480 e. The Labute approximate surface area is 145 Å². The third kappa shape index (κ3) is 9.40. The maximum absolute atomic E-state index is 11.5. The summed E-state index contributed by atoms with van der Waals surface area (Å²) in [5.74, 6) is -2.04. The van der Waals surface area contributed by atoms with Crippen LogP contribution >= 0.6 is 0 Å². The van der Waals surface area contributed by atoms with E-state index in [0.717, 1.165) is 0 Å². The van der Waals surface area contributed by atoms with Gasteiger partial charge in [-0.15, -0.1) is 0 Å². The van der Waals surface area contributed by atoms with Crippen LogP contribution in [0.15, 0.2) is 0 Å². The summed E-state index contributed by atoms with van der Waals surface area (Å²) in [5.41, 5.74) is 0. The Bertz CT molecular complexity index is 456. The smallest absolute Gasteiger partial charge is 0.317 e. The second kappa shape index (κ2) is 10.9. The average Bonchev–Trinajstić information content (AvgIpc) is 2.66. The highest BCUT2D eigenvalue weighted by Gasteiger charge is 2.17. The van der Waals surface area contributed by atoms with Crippen molar-refractivity contribution in [3.05, 3.63) is 0 Å². The van der Waals surface area contributed by atoms with E-state index in [9.17, 15) is 14.4 Å². The molecule has 1 aliphatic heterocycles. The summed E-state index contributed by atoms with van der Waals surface area (Å²) in [5, 5.41) is 15.1. The van der Waals surface area contributed by atoms with E-state index in [0.29, 0.717) is 52.4 Å². The van der Waals surface area contributed by atoms with Crippen LogP contribution in [0.1, 0.15) is 0 Å². The normalized spacial score (nSPS) is 21.2. The number of carboxylic acids is 3. The molecule has 4 N–H and O–H groups in total. The fraction of sp³-hybridized carbons (Fsp3) is 0.786. The molecule has 10 nitrogen and oxygen atoms in total. The van der Waals surface area contributed by atoms with Crippen molar-refractivity contribution in [2.45, 2.75) is 0 Å². The zero-order valence-electron chi connectivity index (χ0n) is 16.6. The SMILES string of the molecule is [2H]OC(=O)CN1CCNCCN(CC(=O)O[2H])CCN(CC(=O)O[2H])CC1. The van der Waals surface area contributed by atoms with Gasteiger partial charge in [0.2, 0.25) is 0 Å². The minimum absolute atomic E-state index is 0.0383. The summed E-state index contributed by atoms with van der Waals surface area (Å²) in [7, 11) is 0. The van der Waals surface area contributed by atoms with Crippen LogP contribution in [0.25, 0.3) is 4.29 Å². The highest BCUT2D eigenvalue weighted by atomic mass is 16.4. The van der Waals surface area contributed by atoms with E-state index >= 15 is 0 Å². The average molecular weight is 349 g/mol. The van der Waals surface area contributed by atoms with Crippen LogP contribution in [0.4, 0.5) is 0 Å². The summed E-state index contributed by atoms with van der Waals surface area (Å²) >= 11 is 0. The zero-order valence-corrected chi connectivity index (χ0v) is 13.6. The molecule has 1 heterocycles. The highest BCUT2D eigenvalue weighted by molar-refractivity contribution is 5.69. The molecule has 0 spiro atoms. The predicted molar refractivity (Wildman–Crippen MR) is 85.1 cm³/mol. The van der Waals surface area contributed by atoms with E-state index in [1.165, 1.54) is 0 Å². The summed E-state index contributed by atoms with van der Waals surface area (Å²) in [6.45, 7) is 3.75. The minimum atomic E-state index is -0.710. The number of carbonyl (C=O) groups is 3. The molecule has 138 valence electrons. The molecule has 24 heavy (non-hydrogen) atoms. The van der Waals surface area contributed by atoms with E-state index in [2.05, 4.69) is 20.6 Å². The van der Waals surface area contributed by atoms with Crippen LogP contribution in [0.2, 0.25) is 0 Å². The van der Waals surface area contributed by atoms with Gasteiger partial charge >= 0.3 is 17.9 Å². The van der Waals surface area contributed by atoms with Gasteiger partial charge < -0.3 is 20.6 Å². The predicted octanol–water partition coefficient (Wildman–Crippen LogP) is -2.25. The fourth-order valence-corrected chi connectivity index (χ4v) is 2.52. The fourth-order valence-electron chi connectivity index (χ4n) is 2.52. The summed E-state index contributed by atoms with van der Waals surface area (Å²) in [6.07, 6.45) is 0. The first kappa shape index (κ1) is 15.8. The van der Waals surface area contributed by atoms with E-state index in [1.807, 2.05) is 0 Å². The van der Waals surface area contributed by atoms with Crippen molar-refractivity contribution >= 4 is 17.9 Å². The molecule has 0 aromatic carbocycles. The molecular weight excluding hydrogens is 320 g/mol. The topological polar surface area (TPSA) is 134 Å². The lowest BCUT2D eigenvalue weighted by Crippen LogP contribution is -2.47. The maximum Gasteiger partial charge on any atom is 0.317 e. The molecule has 1 aliphatic rings. The van der Waals surface area contributed by atoms with Gasteiger partial charge in [0.05, 0.1) is 19.6 Å². The molecule has 1 saturated heterocycles. The Kier molecular flexibility index (Phi) is 7.17. The Morgan fingerprint density at radius 3 is 1.38 bits per heavy atom. The Morgan fingerprint density at radius 2 is 1.04 bits per heavy atom. The van der Waals surface area contributed by atoms with Gasteiger partial charge in [-0.3, -0.25) is 29.1 Å². The lowest BCUT2D eigenvalue weighted by molar-refractivity contribution is -0.140. The first-order valence-electron chi connectivity index (χ1n) is 9.06. The maximum atomic E-state index is 11.5. The van der Waals surface area contributed by atoms with Gasteiger partial charge in [0.25, 0.3) is 4.29 Å². The molecule has 0 bridgehead atoms. The second-order valence-corrected chi connectivity index (χ2v) is 5.69. The molecule has 0 aliphatic carbocycles. The van der Waals surface area contributed by atoms with Crippen molar-refractivity contribution in [1.29, 1.82) is 4.29 Å². The summed E-state index contributed by atoms with van der Waals surface area (Å²) in [4.78, 5) is 39.6. The zero-order chi connectivity index (χ0) is 20.1. The summed E-state index contributed by atoms with van der Waals surface area (Å²) < 4.78 is 20.1. The van der Waals surface area contributed by atoms with Crippen LogP contribution in [0, 0.1) is 0 Å². The van der Waals surface area contributed by atoms with E-state index in [1.54, 1.807) is 14.7 Å². The quantitative estimate of drug-likeness (QED) is 0.416. The first-order valence-corrected chi connectivity index (χ1v) is 7.84. The molecule has 0 atom stereocenters. The van der Waals surface area contributed by atoms with Gasteiger partial charge in [-0.05, 0) is 0 Å².